The third kappa shape index (κ3) is 4.33. The van der Waals surface area contributed by atoms with Crippen molar-refractivity contribution in [3.8, 4) is 0 Å². The van der Waals surface area contributed by atoms with Crippen molar-refractivity contribution in [1.82, 2.24) is 10.2 Å². The van der Waals surface area contributed by atoms with E-state index in [4.69, 9.17) is 0 Å². The van der Waals surface area contributed by atoms with E-state index in [0.29, 0.717) is 12.2 Å². The lowest BCUT2D eigenvalue weighted by Crippen LogP contribution is -2.41. The number of rotatable bonds is 5. The Kier molecular flexibility index (Phi) is 5.33. The maximum atomic E-state index is 11.2. The first-order valence-electron chi connectivity index (χ1n) is 5.35. The standard InChI is InChI=1S/C10H20N2OS/c1-9(11-10(13)4-7-14)8-12-5-2-3-6-12/h9,14H,2-8H2,1H3,(H,11,13). The molecule has 1 fully saturated rings. The van der Waals surface area contributed by atoms with Gasteiger partial charge in [-0.2, -0.15) is 12.6 Å². The number of likely N-dealkylation sites (tertiary alicyclic amines) is 1. The van der Waals surface area contributed by atoms with Gasteiger partial charge in [0, 0.05) is 19.0 Å². The second-order valence-corrected chi connectivity index (χ2v) is 4.40. The van der Waals surface area contributed by atoms with Crippen LogP contribution in [0.4, 0.5) is 0 Å². The number of hydrogen-bond acceptors (Lipinski definition) is 3. The van der Waals surface area contributed by atoms with Gasteiger partial charge in [0.05, 0.1) is 0 Å². The van der Waals surface area contributed by atoms with Crippen LogP contribution in [0.15, 0.2) is 0 Å². The fourth-order valence-electron chi connectivity index (χ4n) is 1.85. The highest BCUT2D eigenvalue weighted by Gasteiger charge is 2.15. The SMILES string of the molecule is CC(CN1CCCC1)NC(=O)CCS. The molecule has 4 heteroatoms. The first-order chi connectivity index (χ1) is 6.72. The van der Waals surface area contributed by atoms with E-state index in [1.165, 1.54) is 25.9 Å². The number of thiol groups is 1. The van der Waals surface area contributed by atoms with Gasteiger partial charge in [-0.25, -0.2) is 0 Å². The third-order valence-electron chi connectivity index (χ3n) is 2.48. The van der Waals surface area contributed by atoms with Crippen molar-refractivity contribution >= 4 is 18.5 Å². The normalized spacial score (nSPS) is 19.6. The predicted molar refractivity (Wildman–Crippen MR) is 61.7 cm³/mol. The Morgan fingerprint density at radius 2 is 2.14 bits per heavy atom. The molecule has 14 heavy (non-hydrogen) atoms. The lowest BCUT2D eigenvalue weighted by Gasteiger charge is -2.20. The molecule has 1 saturated heterocycles. The molecule has 0 saturated carbocycles. The van der Waals surface area contributed by atoms with Gasteiger partial charge in [-0.05, 0) is 38.6 Å². The summed E-state index contributed by atoms with van der Waals surface area (Å²) in [4.78, 5) is 13.7. The summed E-state index contributed by atoms with van der Waals surface area (Å²) >= 11 is 4.03. The summed E-state index contributed by atoms with van der Waals surface area (Å²) in [5, 5.41) is 2.98. The predicted octanol–water partition coefficient (Wildman–Crippen LogP) is 0.907. The van der Waals surface area contributed by atoms with Gasteiger partial charge < -0.3 is 10.2 Å². The molecule has 1 rings (SSSR count). The smallest absolute Gasteiger partial charge is 0.221 e. The number of nitrogens with one attached hydrogen (secondary N) is 1. The van der Waals surface area contributed by atoms with E-state index in [1.807, 2.05) is 0 Å². The summed E-state index contributed by atoms with van der Waals surface area (Å²) in [5.74, 6) is 0.745. The number of carbonyl (C=O) groups is 1. The van der Waals surface area contributed by atoms with Gasteiger partial charge >= 0.3 is 0 Å². The van der Waals surface area contributed by atoms with Crippen LogP contribution in [0, 0.1) is 0 Å². The number of hydrogen-bond donors (Lipinski definition) is 2. The van der Waals surface area contributed by atoms with Crippen molar-refractivity contribution in [2.75, 3.05) is 25.4 Å². The molecule has 0 bridgehead atoms. The quantitative estimate of drug-likeness (QED) is 0.670. The van der Waals surface area contributed by atoms with Gasteiger partial charge in [0.15, 0.2) is 0 Å². The highest BCUT2D eigenvalue weighted by molar-refractivity contribution is 7.80. The Morgan fingerprint density at radius 3 is 2.71 bits per heavy atom. The van der Waals surface area contributed by atoms with Crippen LogP contribution in [0.1, 0.15) is 26.2 Å². The van der Waals surface area contributed by atoms with Crippen molar-refractivity contribution in [3.63, 3.8) is 0 Å². The topological polar surface area (TPSA) is 32.3 Å². The first-order valence-corrected chi connectivity index (χ1v) is 5.98. The molecule has 1 aliphatic rings. The minimum atomic E-state index is 0.117. The van der Waals surface area contributed by atoms with Gasteiger partial charge in [-0.3, -0.25) is 4.79 Å². The van der Waals surface area contributed by atoms with Gasteiger partial charge in [0.2, 0.25) is 5.91 Å². The van der Waals surface area contributed by atoms with Crippen LogP contribution in [-0.4, -0.2) is 42.2 Å². The third-order valence-corrected chi connectivity index (χ3v) is 2.70. The van der Waals surface area contributed by atoms with Crippen LogP contribution in [-0.2, 0) is 4.79 Å². The van der Waals surface area contributed by atoms with Crippen LogP contribution >= 0.6 is 12.6 Å². The van der Waals surface area contributed by atoms with E-state index in [1.54, 1.807) is 0 Å². The Morgan fingerprint density at radius 1 is 1.50 bits per heavy atom. The van der Waals surface area contributed by atoms with E-state index < -0.39 is 0 Å². The Labute approximate surface area is 91.6 Å². The second kappa shape index (κ2) is 6.30. The van der Waals surface area contributed by atoms with Crippen molar-refractivity contribution < 1.29 is 4.79 Å². The summed E-state index contributed by atoms with van der Waals surface area (Å²) < 4.78 is 0. The summed E-state index contributed by atoms with van der Waals surface area (Å²) in [6.07, 6.45) is 3.13. The minimum Gasteiger partial charge on any atom is -0.352 e. The number of carbonyl (C=O) groups excluding carboxylic acids is 1. The average molecular weight is 216 g/mol. The van der Waals surface area contributed by atoms with E-state index >= 15 is 0 Å². The van der Waals surface area contributed by atoms with Crippen LogP contribution in [0.25, 0.3) is 0 Å². The maximum absolute atomic E-state index is 11.2. The van der Waals surface area contributed by atoms with Crippen LogP contribution in [0.3, 0.4) is 0 Å². The molecule has 0 aromatic heterocycles. The largest absolute Gasteiger partial charge is 0.352 e. The van der Waals surface area contributed by atoms with Crippen molar-refractivity contribution in [2.45, 2.75) is 32.2 Å². The molecule has 1 amide bonds. The highest BCUT2D eigenvalue weighted by atomic mass is 32.1. The maximum Gasteiger partial charge on any atom is 0.221 e. The number of amides is 1. The van der Waals surface area contributed by atoms with Gasteiger partial charge in [0.1, 0.15) is 0 Å². The fraction of sp³-hybridized carbons (Fsp3) is 0.900. The second-order valence-electron chi connectivity index (χ2n) is 3.95. The average Bonchev–Trinajstić information content (AvgIpc) is 2.56. The van der Waals surface area contributed by atoms with Gasteiger partial charge in [-0.1, -0.05) is 0 Å². The van der Waals surface area contributed by atoms with Gasteiger partial charge in [0.25, 0.3) is 0 Å². The monoisotopic (exact) mass is 216 g/mol. The lowest BCUT2D eigenvalue weighted by molar-refractivity contribution is -0.121. The molecule has 0 aromatic rings. The fourth-order valence-corrected chi connectivity index (χ4v) is 2.05. The molecule has 0 aromatic carbocycles. The van der Waals surface area contributed by atoms with E-state index in [-0.39, 0.29) is 11.9 Å². The summed E-state index contributed by atoms with van der Waals surface area (Å²) in [7, 11) is 0. The number of nitrogens with zero attached hydrogens (tertiary/aromatic N) is 1. The molecule has 82 valence electrons. The van der Waals surface area contributed by atoms with Crippen LogP contribution < -0.4 is 5.32 Å². The molecular formula is C10H20N2OS. The molecule has 0 spiro atoms. The zero-order valence-corrected chi connectivity index (χ0v) is 9.72. The zero-order chi connectivity index (χ0) is 10.4. The van der Waals surface area contributed by atoms with E-state index in [9.17, 15) is 4.79 Å². The Bertz CT molecular complexity index is 181. The van der Waals surface area contributed by atoms with E-state index in [0.717, 1.165) is 6.54 Å². The van der Waals surface area contributed by atoms with Crippen molar-refractivity contribution in [3.05, 3.63) is 0 Å². The molecule has 0 aliphatic carbocycles. The molecule has 1 atom stereocenters. The summed E-state index contributed by atoms with van der Waals surface area (Å²) in [6, 6.07) is 0.264. The van der Waals surface area contributed by atoms with Crippen LogP contribution in [0.5, 0.6) is 0 Å². The molecule has 1 N–H and O–H groups in total. The van der Waals surface area contributed by atoms with Crippen molar-refractivity contribution in [2.24, 2.45) is 0 Å². The molecule has 1 heterocycles. The summed E-state index contributed by atoms with van der Waals surface area (Å²) in [5.41, 5.74) is 0. The summed E-state index contributed by atoms with van der Waals surface area (Å²) in [6.45, 7) is 5.42. The molecule has 1 unspecified atom stereocenters. The Balaban J connectivity index is 2.14. The first kappa shape index (κ1) is 11.9. The zero-order valence-electron chi connectivity index (χ0n) is 8.83. The lowest BCUT2D eigenvalue weighted by atomic mass is 10.3. The molecule has 0 radical (unpaired) electrons. The molecular weight excluding hydrogens is 196 g/mol. The molecule has 3 nitrogen and oxygen atoms in total. The van der Waals surface area contributed by atoms with Crippen molar-refractivity contribution in [1.29, 1.82) is 0 Å². The molecule has 1 aliphatic heterocycles. The minimum absolute atomic E-state index is 0.117. The van der Waals surface area contributed by atoms with Gasteiger partial charge in [-0.15, -0.1) is 0 Å². The highest BCUT2D eigenvalue weighted by Crippen LogP contribution is 2.07. The van der Waals surface area contributed by atoms with Crippen LogP contribution in [0.2, 0.25) is 0 Å². The Hall–Kier alpha value is -0.220. The van der Waals surface area contributed by atoms with E-state index in [2.05, 4.69) is 29.8 Å².